The lowest BCUT2D eigenvalue weighted by molar-refractivity contribution is -0.132. The van der Waals surface area contributed by atoms with Gasteiger partial charge in [-0.3, -0.25) is 14.9 Å². The molecule has 0 aliphatic carbocycles. The van der Waals surface area contributed by atoms with Gasteiger partial charge in [0, 0.05) is 29.8 Å². The van der Waals surface area contributed by atoms with Crippen LogP contribution in [0.5, 0.6) is 0 Å². The molecule has 1 aliphatic rings. The summed E-state index contributed by atoms with van der Waals surface area (Å²) in [5.41, 5.74) is 1.61. The van der Waals surface area contributed by atoms with Crippen LogP contribution in [0.3, 0.4) is 0 Å². The van der Waals surface area contributed by atoms with Crippen LogP contribution in [0, 0.1) is 5.82 Å². The summed E-state index contributed by atoms with van der Waals surface area (Å²) in [6, 6.07) is 24.5. The third kappa shape index (κ3) is 8.02. The smallest absolute Gasteiger partial charge is 0.335 e. The second-order valence-electron chi connectivity index (χ2n) is 13.1. The molecule has 1 heterocycles. The number of aliphatic hydroxyl groups excluding tert-OH is 1. The first kappa shape index (κ1) is 37.3. The number of carbonyl (C=O) groups excluding carboxylic acids is 2. The highest BCUT2D eigenvalue weighted by atomic mass is 32.2. The topological polar surface area (TPSA) is 153 Å². The van der Waals surface area contributed by atoms with Crippen LogP contribution >= 0.6 is 0 Å². The monoisotopic (exact) mass is 717 g/mol. The molecule has 13 heteroatoms. The highest BCUT2D eigenvalue weighted by molar-refractivity contribution is 7.90. The molecule has 0 spiro atoms. The number of sulfonamides is 1. The minimum atomic E-state index is -4.06. The van der Waals surface area contributed by atoms with Gasteiger partial charge in [-0.05, 0) is 49.6 Å². The molecule has 4 N–H and O–H groups in total. The van der Waals surface area contributed by atoms with Gasteiger partial charge in [-0.25, -0.2) is 9.18 Å². The number of nitrogens with zero attached hydrogens (tertiary/aromatic N) is 2. The van der Waals surface area contributed by atoms with Crippen LogP contribution in [0.25, 0.3) is 0 Å². The first-order chi connectivity index (χ1) is 24.1. The number of aliphatic hydroxyl groups is 1. The van der Waals surface area contributed by atoms with E-state index in [0.29, 0.717) is 12.1 Å². The normalized spacial score (nSPS) is 19.2. The molecule has 1 saturated heterocycles. The van der Waals surface area contributed by atoms with Gasteiger partial charge in [0.05, 0.1) is 37.2 Å². The molecule has 2 amide bonds. The van der Waals surface area contributed by atoms with Crippen molar-refractivity contribution in [3.8, 4) is 0 Å². The summed E-state index contributed by atoms with van der Waals surface area (Å²) in [4.78, 5) is 41.7. The predicted molar refractivity (Wildman–Crippen MR) is 192 cm³/mol. The molecule has 1 fully saturated rings. The van der Waals surface area contributed by atoms with Crippen molar-refractivity contribution in [1.82, 2.24) is 19.4 Å². The van der Waals surface area contributed by atoms with Crippen molar-refractivity contribution in [2.75, 3.05) is 13.3 Å². The van der Waals surface area contributed by atoms with E-state index in [1.165, 1.54) is 43.4 Å². The molecule has 5 rings (SSSR count). The van der Waals surface area contributed by atoms with Crippen molar-refractivity contribution in [3.63, 3.8) is 0 Å². The predicted octanol–water partition coefficient (Wildman–Crippen LogP) is 4.23. The lowest BCUT2D eigenvalue weighted by Crippen LogP contribution is -2.55. The van der Waals surface area contributed by atoms with Gasteiger partial charge < -0.3 is 20.4 Å². The zero-order chi connectivity index (χ0) is 37.1. The summed E-state index contributed by atoms with van der Waals surface area (Å²) in [7, 11) is -2.68. The summed E-state index contributed by atoms with van der Waals surface area (Å²) in [6.07, 6.45) is -0.714. The molecule has 4 unspecified atom stereocenters. The van der Waals surface area contributed by atoms with E-state index >= 15 is 0 Å². The minimum absolute atomic E-state index is 0.0162. The van der Waals surface area contributed by atoms with Crippen molar-refractivity contribution >= 4 is 33.5 Å². The van der Waals surface area contributed by atoms with E-state index in [2.05, 4.69) is 10.6 Å². The Bertz CT molecular complexity index is 2000. The first-order valence-electron chi connectivity index (χ1n) is 16.4. The van der Waals surface area contributed by atoms with Crippen molar-refractivity contribution in [3.05, 3.63) is 137 Å². The Hall–Kier alpha value is -4.95. The average Bonchev–Trinajstić information content (AvgIpc) is 3.39. The van der Waals surface area contributed by atoms with Crippen LogP contribution in [0.4, 0.5) is 10.1 Å². The number of halogens is 1. The van der Waals surface area contributed by atoms with Gasteiger partial charge in [0.1, 0.15) is 23.6 Å². The Morgan fingerprint density at radius 2 is 1.51 bits per heavy atom. The molecule has 4 aromatic rings. The van der Waals surface area contributed by atoms with Gasteiger partial charge in [0.25, 0.3) is 15.9 Å². The SMILES string of the molecule is CC1NC(C(O)[C@H](Cc2ccccc2)NC(=O)c2cc(C(=O)O)cc([N+](C)([C@H](C)c3ccc(F)cc3)S(C)(=O)=O)c2)C(=O)N1Cc1ccccc1. The second-order valence-corrected chi connectivity index (χ2v) is 15.3. The second kappa shape index (κ2) is 15.1. The van der Waals surface area contributed by atoms with Crippen LogP contribution in [-0.4, -0.2) is 79.0 Å². The van der Waals surface area contributed by atoms with Crippen LogP contribution < -0.4 is 14.5 Å². The number of hydrogen-bond donors (Lipinski definition) is 4. The van der Waals surface area contributed by atoms with Crippen molar-refractivity contribution in [2.24, 2.45) is 0 Å². The van der Waals surface area contributed by atoms with E-state index in [0.717, 1.165) is 23.4 Å². The van der Waals surface area contributed by atoms with Gasteiger partial charge in [-0.1, -0.05) is 72.8 Å². The fourth-order valence-corrected chi connectivity index (χ4v) is 7.67. The third-order valence-electron chi connectivity index (χ3n) is 9.72. The van der Waals surface area contributed by atoms with Crippen molar-refractivity contribution < 1.29 is 37.4 Å². The standard InChI is InChI=1S/C38H41FN4O7S/c1-24(28-15-17-31(39)18-16-28)43(3,51(4,49)50)32-21-29(20-30(22-32)38(47)48)36(45)41-33(19-26-11-7-5-8-12-26)35(44)34-37(46)42(25(2)40-34)23-27-13-9-6-10-14-27/h5-18,20-22,24-25,33-35,40,44H,19,23H2,1-4H3,(H-,41,45,47,48)/p+1/t24-,25?,33+,34?,35?,43?/m1/s1. The molecule has 0 radical (unpaired) electrons. The number of nitrogens with one attached hydrogen (secondary N) is 2. The number of benzene rings is 4. The molecule has 1 aliphatic heterocycles. The maximum atomic E-state index is 14.1. The molecular formula is C38H42FN4O7S+. The molecule has 6 atom stereocenters. The summed E-state index contributed by atoms with van der Waals surface area (Å²) >= 11 is 0. The number of aromatic carboxylic acids is 1. The van der Waals surface area contributed by atoms with Crippen LogP contribution in [-0.2, 0) is 27.8 Å². The number of hydrogen-bond acceptors (Lipinski definition) is 7. The molecule has 0 bridgehead atoms. The lowest BCUT2D eigenvalue weighted by Gasteiger charge is -2.37. The van der Waals surface area contributed by atoms with E-state index in [1.54, 1.807) is 30.9 Å². The number of quaternary nitrogens is 1. The van der Waals surface area contributed by atoms with Crippen molar-refractivity contribution in [2.45, 2.75) is 57.2 Å². The Balaban J connectivity index is 1.50. The number of carboxylic acid groups (broad SMARTS) is 1. The molecule has 51 heavy (non-hydrogen) atoms. The Labute approximate surface area is 297 Å². The summed E-state index contributed by atoms with van der Waals surface area (Å²) in [5, 5.41) is 27.8. The molecule has 0 aromatic heterocycles. The van der Waals surface area contributed by atoms with Crippen LogP contribution in [0.15, 0.2) is 103 Å². The average molecular weight is 718 g/mol. The third-order valence-corrected chi connectivity index (χ3v) is 11.6. The highest BCUT2D eigenvalue weighted by Crippen LogP contribution is 2.38. The minimum Gasteiger partial charge on any atom is -0.478 e. The summed E-state index contributed by atoms with van der Waals surface area (Å²) in [6.45, 7) is 3.73. The Morgan fingerprint density at radius 3 is 2.08 bits per heavy atom. The number of rotatable bonds is 13. The van der Waals surface area contributed by atoms with Gasteiger partial charge >= 0.3 is 5.97 Å². The van der Waals surface area contributed by atoms with Gasteiger partial charge in [-0.2, -0.15) is 12.3 Å². The fourth-order valence-electron chi connectivity index (χ4n) is 6.49. The van der Waals surface area contributed by atoms with Crippen LogP contribution in [0.2, 0.25) is 0 Å². The highest BCUT2D eigenvalue weighted by Gasteiger charge is 2.45. The maximum absolute atomic E-state index is 14.1. The quantitative estimate of drug-likeness (QED) is 0.150. The Morgan fingerprint density at radius 1 is 0.941 bits per heavy atom. The maximum Gasteiger partial charge on any atom is 0.335 e. The molecule has 268 valence electrons. The largest absolute Gasteiger partial charge is 0.478 e. The van der Waals surface area contributed by atoms with E-state index in [9.17, 15) is 37.4 Å². The van der Waals surface area contributed by atoms with Crippen LogP contribution in [0.1, 0.15) is 57.3 Å². The van der Waals surface area contributed by atoms with E-state index in [1.807, 2.05) is 48.5 Å². The molecule has 11 nitrogen and oxygen atoms in total. The molecule has 4 aromatic carbocycles. The molecule has 0 saturated carbocycles. The first-order valence-corrected chi connectivity index (χ1v) is 18.3. The summed E-state index contributed by atoms with van der Waals surface area (Å²) < 4.78 is 39.9. The number of carbonyl (C=O) groups is 3. The van der Waals surface area contributed by atoms with E-state index < -0.39 is 62.0 Å². The number of carboxylic acids is 1. The molecular weight excluding hydrogens is 676 g/mol. The Kier molecular flexibility index (Phi) is 11.1. The van der Waals surface area contributed by atoms with Crippen molar-refractivity contribution in [1.29, 1.82) is 0 Å². The zero-order valence-electron chi connectivity index (χ0n) is 28.7. The van der Waals surface area contributed by atoms with Gasteiger partial charge in [0.15, 0.2) is 0 Å². The zero-order valence-corrected chi connectivity index (χ0v) is 29.5. The van der Waals surface area contributed by atoms with Gasteiger partial charge in [0.2, 0.25) is 5.91 Å². The van der Waals surface area contributed by atoms with Gasteiger partial charge in [-0.15, -0.1) is 0 Å². The van der Waals surface area contributed by atoms with E-state index in [-0.39, 0.29) is 29.1 Å². The summed E-state index contributed by atoms with van der Waals surface area (Å²) in [5.74, 6) is -3.04. The lowest BCUT2D eigenvalue weighted by atomic mass is 9.95. The van der Waals surface area contributed by atoms with E-state index in [4.69, 9.17) is 0 Å². The number of amides is 2. The fraction of sp³-hybridized carbons (Fsp3) is 0.289.